The first-order valence-corrected chi connectivity index (χ1v) is 9.67. The quantitative estimate of drug-likeness (QED) is 0.792. The van der Waals surface area contributed by atoms with Gasteiger partial charge in [0.1, 0.15) is 16.6 Å². The van der Waals surface area contributed by atoms with E-state index in [2.05, 4.69) is 17.1 Å². The number of carbonyl (C=O) groups excluding carboxylic acids is 1. The molecule has 1 aromatic heterocycles. The maximum Gasteiger partial charge on any atom is 0.344 e. The third kappa shape index (κ3) is 3.26. The van der Waals surface area contributed by atoms with Gasteiger partial charge >= 0.3 is 6.03 Å². The summed E-state index contributed by atoms with van der Waals surface area (Å²) in [6.45, 7) is 3.26. The lowest BCUT2D eigenvalue weighted by molar-refractivity contribution is -0.140. The van der Waals surface area contributed by atoms with E-state index in [1.165, 1.54) is 0 Å². The molecule has 6 nitrogen and oxygen atoms in total. The molecular formula is C18H22N4O2S. The van der Waals surface area contributed by atoms with E-state index in [1.807, 2.05) is 35.2 Å². The number of hydroxylamine groups is 2. The van der Waals surface area contributed by atoms with Gasteiger partial charge in [-0.25, -0.2) is 4.79 Å². The summed E-state index contributed by atoms with van der Waals surface area (Å²) in [6, 6.07) is 10.1. The fraction of sp³-hybridized carbons (Fsp3) is 0.500. The van der Waals surface area contributed by atoms with Crippen molar-refractivity contribution >= 4 is 17.4 Å². The summed E-state index contributed by atoms with van der Waals surface area (Å²) in [5.74, 6) is 0. The molecule has 7 heteroatoms. The van der Waals surface area contributed by atoms with E-state index in [9.17, 15) is 4.79 Å². The zero-order valence-corrected chi connectivity index (χ0v) is 15.1. The fourth-order valence-electron chi connectivity index (χ4n) is 3.49. The molecule has 4 rings (SSSR count). The number of rotatable bonds is 6. The molecule has 2 aromatic rings. The Labute approximate surface area is 151 Å². The third-order valence-corrected chi connectivity index (χ3v) is 5.85. The minimum atomic E-state index is -0.0457. The Morgan fingerprint density at radius 2 is 2.08 bits per heavy atom. The standard InChI is InChI=1S/C18H22N4O2S/c1-2-6-16-19-20-17(25-16)15-10-9-14-11-21(15)18(23)22(14)24-12-13-7-4-3-5-8-13/h3-5,7-8,14-15H,2,6,9-12H2,1H3/t14-,15+/m1/s1. The van der Waals surface area contributed by atoms with Gasteiger partial charge in [-0.1, -0.05) is 48.6 Å². The number of carbonyl (C=O) groups is 1. The molecule has 132 valence electrons. The van der Waals surface area contributed by atoms with Gasteiger partial charge in [0.15, 0.2) is 0 Å². The number of aryl methyl sites for hydroxylation is 1. The minimum absolute atomic E-state index is 0.0391. The number of urea groups is 1. The molecule has 0 unspecified atom stereocenters. The lowest BCUT2D eigenvalue weighted by Crippen LogP contribution is -2.33. The SMILES string of the molecule is CCCc1nnc([C@@H]2CC[C@@H]3CN2C(=O)N3OCc2ccccc2)s1. The van der Waals surface area contributed by atoms with Gasteiger partial charge in [0.05, 0.1) is 12.1 Å². The highest BCUT2D eigenvalue weighted by Gasteiger charge is 2.47. The first kappa shape index (κ1) is 16.5. The van der Waals surface area contributed by atoms with Crippen LogP contribution in [0.1, 0.15) is 47.8 Å². The van der Waals surface area contributed by atoms with E-state index in [0.717, 1.165) is 41.3 Å². The average Bonchev–Trinajstić information content (AvgIpc) is 3.19. The van der Waals surface area contributed by atoms with Crippen molar-refractivity contribution in [2.45, 2.75) is 51.3 Å². The second-order valence-corrected chi connectivity index (χ2v) is 7.64. The zero-order chi connectivity index (χ0) is 17.2. The molecule has 3 heterocycles. The van der Waals surface area contributed by atoms with Crippen molar-refractivity contribution in [2.24, 2.45) is 0 Å². The number of benzene rings is 1. The van der Waals surface area contributed by atoms with E-state index < -0.39 is 0 Å². The second kappa shape index (κ2) is 7.09. The lowest BCUT2D eigenvalue weighted by atomic mass is 10.0. The lowest BCUT2D eigenvalue weighted by Gasteiger charge is -2.28. The number of aromatic nitrogens is 2. The molecule has 0 N–H and O–H groups in total. The largest absolute Gasteiger partial charge is 0.344 e. The van der Waals surface area contributed by atoms with Crippen LogP contribution in [0.2, 0.25) is 0 Å². The van der Waals surface area contributed by atoms with Crippen molar-refractivity contribution in [3.8, 4) is 0 Å². The van der Waals surface area contributed by atoms with Crippen LogP contribution in [0.5, 0.6) is 0 Å². The summed E-state index contributed by atoms with van der Waals surface area (Å²) in [5, 5.41) is 12.2. The van der Waals surface area contributed by atoms with E-state index in [0.29, 0.717) is 13.2 Å². The Balaban J connectivity index is 1.44. The number of nitrogens with zero attached hydrogens (tertiary/aromatic N) is 4. The molecule has 0 saturated carbocycles. The molecule has 2 bridgehead atoms. The van der Waals surface area contributed by atoms with Crippen LogP contribution in [0.3, 0.4) is 0 Å². The van der Waals surface area contributed by atoms with Crippen molar-refractivity contribution in [1.29, 1.82) is 0 Å². The Kier molecular flexibility index (Phi) is 4.67. The summed E-state index contributed by atoms with van der Waals surface area (Å²) in [7, 11) is 0. The van der Waals surface area contributed by atoms with Crippen molar-refractivity contribution in [3.63, 3.8) is 0 Å². The van der Waals surface area contributed by atoms with Gasteiger partial charge in [-0.2, -0.15) is 5.06 Å². The van der Waals surface area contributed by atoms with Crippen LogP contribution in [0.4, 0.5) is 4.79 Å². The van der Waals surface area contributed by atoms with E-state index in [-0.39, 0.29) is 18.1 Å². The fourth-order valence-corrected chi connectivity index (χ4v) is 4.58. The number of hydrogen-bond donors (Lipinski definition) is 0. The van der Waals surface area contributed by atoms with Gasteiger partial charge in [0.2, 0.25) is 0 Å². The van der Waals surface area contributed by atoms with Crippen LogP contribution in [0.15, 0.2) is 30.3 Å². The topological polar surface area (TPSA) is 58.6 Å². The van der Waals surface area contributed by atoms with Crippen LogP contribution < -0.4 is 0 Å². The van der Waals surface area contributed by atoms with Gasteiger partial charge in [0.25, 0.3) is 0 Å². The highest BCUT2D eigenvalue weighted by molar-refractivity contribution is 7.11. The number of amides is 2. The molecule has 0 aliphatic carbocycles. The minimum Gasteiger partial charge on any atom is -0.311 e. The van der Waals surface area contributed by atoms with Crippen molar-refractivity contribution in [3.05, 3.63) is 45.9 Å². The normalized spacial score (nSPS) is 22.7. The van der Waals surface area contributed by atoms with Crippen LogP contribution in [-0.2, 0) is 17.9 Å². The molecule has 25 heavy (non-hydrogen) atoms. The van der Waals surface area contributed by atoms with Crippen LogP contribution in [0, 0.1) is 0 Å². The summed E-state index contributed by atoms with van der Waals surface area (Å²) in [4.78, 5) is 20.6. The molecule has 2 atom stereocenters. The highest BCUT2D eigenvalue weighted by atomic mass is 32.1. The summed E-state index contributed by atoms with van der Waals surface area (Å²) < 4.78 is 0. The Morgan fingerprint density at radius 3 is 2.88 bits per heavy atom. The van der Waals surface area contributed by atoms with Gasteiger partial charge < -0.3 is 4.90 Å². The van der Waals surface area contributed by atoms with Gasteiger partial charge in [-0.15, -0.1) is 10.2 Å². The zero-order valence-electron chi connectivity index (χ0n) is 14.3. The molecule has 0 spiro atoms. The number of fused-ring (bicyclic) bond motifs is 2. The predicted molar refractivity (Wildman–Crippen MR) is 94.8 cm³/mol. The highest BCUT2D eigenvalue weighted by Crippen LogP contribution is 2.39. The molecule has 2 fully saturated rings. The Morgan fingerprint density at radius 1 is 1.24 bits per heavy atom. The summed E-state index contributed by atoms with van der Waals surface area (Å²) in [6.07, 6.45) is 3.87. The van der Waals surface area contributed by atoms with E-state index >= 15 is 0 Å². The molecule has 2 saturated heterocycles. The molecule has 1 aromatic carbocycles. The molecule has 2 aliphatic rings. The first-order chi connectivity index (χ1) is 12.3. The maximum atomic E-state index is 12.8. The summed E-state index contributed by atoms with van der Waals surface area (Å²) in [5.41, 5.74) is 1.07. The number of hydrogen-bond acceptors (Lipinski definition) is 5. The Hall–Kier alpha value is -1.99. The molecule has 0 radical (unpaired) electrons. The Bertz CT molecular complexity index is 736. The van der Waals surface area contributed by atoms with Crippen LogP contribution >= 0.6 is 11.3 Å². The molecule has 2 amide bonds. The van der Waals surface area contributed by atoms with Crippen LogP contribution in [0.25, 0.3) is 0 Å². The predicted octanol–water partition coefficient (Wildman–Crippen LogP) is 3.56. The van der Waals surface area contributed by atoms with Crippen molar-refractivity contribution in [1.82, 2.24) is 20.2 Å². The average molecular weight is 358 g/mol. The van der Waals surface area contributed by atoms with E-state index in [1.54, 1.807) is 16.4 Å². The van der Waals surface area contributed by atoms with Gasteiger partial charge in [-0.3, -0.25) is 4.84 Å². The first-order valence-electron chi connectivity index (χ1n) is 8.85. The van der Waals surface area contributed by atoms with Gasteiger partial charge in [0, 0.05) is 13.0 Å². The molecular weight excluding hydrogens is 336 g/mol. The smallest absolute Gasteiger partial charge is 0.311 e. The van der Waals surface area contributed by atoms with Gasteiger partial charge in [-0.05, 0) is 24.8 Å². The molecule has 2 aliphatic heterocycles. The monoisotopic (exact) mass is 358 g/mol. The summed E-state index contributed by atoms with van der Waals surface area (Å²) >= 11 is 1.64. The second-order valence-electron chi connectivity index (χ2n) is 6.55. The van der Waals surface area contributed by atoms with E-state index in [4.69, 9.17) is 4.84 Å². The van der Waals surface area contributed by atoms with Crippen molar-refractivity contribution < 1.29 is 9.63 Å². The van der Waals surface area contributed by atoms with Crippen LogP contribution in [-0.4, -0.2) is 38.8 Å². The maximum absolute atomic E-state index is 12.8. The number of piperidine rings is 1. The third-order valence-electron chi connectivity index (χ3n) is 4.77. The van der Waals surface area contributed by atoms with Crippen molar-refractivity contribution in [2.75, 3.05) is 6.54 Å².